The third kappa shape index (κ3) is 4.54. The number of rotatable bonds is 4. The molecule has 1 heterocycles. The molecule has 4 heteroatoms. The Bertz CT molecular complexity index is 901. The molecule has 0 bridgehead atoms. The topological polar surface area (TPSA) is 12.5 Å². The molecule has 28 heavy (non-hydrogen) atoms. The zero-order valence-electron chi connectivity index (χ0n) is 16.3. The molecule has 3 aromatic carbocycles. The zero-order chi connectivity index (χ0) is 18.6. The lowest BCUT2D eigenvalue weighted by molar-refractivity contribution is 0.338. The van der Waals surface area contributed by atoms with Crippen LogP contribution in [0.4, 0.5) is 0 Å². The summed E-state index contributed by atoms with van der Waals surface area (Å²) in [5.74, 6) is 1.34. The fourth-order valence-electron chi connectivity index (χ4n) is 3.80. The van der Waals surface area contributed by atoms with E-state index in [0.29, 0.717) is 5.92 Å². The Labute approximate surface area is 178 Å². The summed E-state index contributed by atoms with van der Waals surface area (Å²) >= 11 is 1.78. The van der Waals surface area contributed by atoms with E-state index in [1.54, 1.807) is 18.9 Å². The van der Waals surface area contributed by atoms with Crippen LogP contribution >= 0.6 is 24.2 Å². The van der Waals surface area contributed by atoms with Gasteiger partial charge in [0.05, 0.1) is 12.0 Å². The van der Waals surface area contributed by atoms with Crippen molar-refractivity contribution in [3.05, 3.63) is 89.5 Å². The van der Waals surface area contributed by atoms with Gasteiger partial charge in [-0.25, -0.2) is 0 Å². The third-order valence-corrected chi connectivity index (χ3v) is 6.28. The summed E-state index contributed by atoms with van der Waals surface area (Å²) in [6.45, 7) is 2.11. The Morgan fingerprint density at radius 3 is 2.32 bits per heavy atom. The second kappa shape index (κ2) is 9.51. The van der Waals surface area contributed by atoms with Gasteiger partial charge in [0.15, 0.2) is 0 Å². The van der Waals surface area contributed by atoms with E-state index in [0.717, 1.165) is 25.3 Å². The molecule has 0 saturated heterocycles. The number of hydrogen-bond donors (Lipinski definition) is 0. The largest absolute Gasteiger partial charge is 0.496 e. The molecule has 0 spiro atoms. The van der Waals surface area contributed by atoms with Crippen LogP contribution in [0.15, 0.2) is 82.6 Å². The number of likely N-dealkylation sites (N-methyl/N-ethyl adjacent to an activating group) is 1. The summed E-state index contributed by atoms with van der Waals surface area (Å²) < 4.78 is 5.80. The number of ether oxygens (including phenoxy) is 1. The molecule has 1 aliphatic rings. The predicted octanol–water partition coefficient (Wildman–Crippen LogP) is 5.89. The third-order valence-electron chi connectivity index (χ3n) is 5.23. The first-order chi connectivity index (χ1) is 13.2. The Hall–Kier alpha value is -1.94. The summed E-state index contributed by atoms with van der Waals surface area (Å²) in [5, 5.41) is 0. The van der Waals surface area contributed by atoms with Crippen LogP contribution in [0.25, 0.3) is 0 Å². The number of halogens is 1. The lowest BCUT2D eigenvalue weighted by Gasteiger charge is -2.23. The SMILES string of the molecule is COc1cc2c(cc1Sc1ccccc1)CCN(C)CC2c1ccccc1.Cl. The van der Waals surface area contributed by atoms with E-state index in [1.165, 1.54) is 26.5 Å². The van der Waals surface area contributed by atoms with E-state index in [2.05, 4.69) is 84.7 Å². The van der Waals surface area contributed by atoms with E-state index in [9.17, 15) is 0 Å². The molecule has 2 nitrogen and oxygen atoms in total. The summed E-state index contributed by atoms with van der Waals surface area (Å²) in [6, 6.07) is 26.0. The normalized spacial score (nSPS) is 16.6. The fourth-order valence-corrected chi connectivity index (χ4v) is 4.79. The Balaban J connectivity index is 0.00000225. The minimum absolute atomic E-state index is 0. The predicted molar refractivity (Wildman–Crippen MR) is 120 cm³/mol. The van der Waals surface area contributed by atoms with Gasteiger partial charge in [-0.3, -0.25) is 0 Å². The summed E-state index contributed by atoms with van der Waals surface area (Å²) in [6.07, 6.45) is 1.07. The quantitative estimate of drug-likeness (QED) is 0.531. The van der Waals surface area contributed by atoms with Gasteiger partial charge >= 0.3 is 0 Å². The highest BCUT2D eigenvalue weighted by atomic mass is 35.5. The number of methoxy groups -OCH3 is 1. The molecule has 4 rings (SSSR count). The summed E-state index contributed by atoms with van der Waals surface area (Å²) in [5.41, 5.74) is 4.21. The maximum Gasteiger partial charge on any atom is 0.133 e. The van der Waals surface area contributed by atoms with Gasteiger partial charge < -0.3 is 9.64 Å². The number of benzene rings is 3. The molecule has 0 saturated carbocycles. The second-order valence-corrected chi connectivity index (χ2v) is 8.21. The molecule has 0 amide bonds. The molecule has 0 radical (unpaired) electrons. The van der Waals surface area contributed by atoms with Crippen LogP contribution in [-0.2, 0) is 6.42 Å². The van der Waals surface area contributed by atoms with Crippen LogP contribution in [0.5, 0.6) is 5.75 Å². The standard InChI is InChI=1S/C24H25NOS.ClH/c1-25-14-13-19-15-24(27-20-11-7-4-8-12-20)23(26-2)16-21(19)22(17-25)18-9-5-3-6-10-18;/h3-12,15-16,22H,13-14,17H2,1-2H3;1H. The second-order valence-electron chi connectivity index (χ2n) is 7.09. The van der Waals surface area contributed by atoms with Crippen molar-refractivity contribution < 1.29 is 4.74 Å². The minimum atomic E-state index is 0. The van der Waals surface area contributed by atoms with Crippen molar-refractivity contribution in [3.8, 4) is 5.75 Å². The zero-order valence-corrected chi connectivity index (χ0v) is 17.9. The molecular formula is C24H26ClNOS. The van der Waals surface area contributed by atoms with Crippen molar-refractivity contribution in [1.82, 2.24) is 4.90 Å². The lowest BCUT2D eigenvalue weighted by atomic mass is 9.88. The summed E-state index contributed by atoms with van der Waals surface area (Å²) in [4.78, 5) is 4.87. The van der Waals surface area contributed by atoms with Gasteiger partial charge in [-0.1, -0.05) is 60.3 Å². The Morgan fingerprint density at radius 2 is 1.64 bits per heavy atom. The monoisotopic (exact) mass is 411 g/mol. The average Bonchev–Trinajstić information content (AvgIpc) is 2.87. The van der Waals surface area contributed by atoms with Gasteiger partial charge in [0.2, 0.25) is 0 Å². The first kappa shape index (κ1) is 20.8. The Morgan fingerprint density at radius 1 is 0.964 bits per heavy atom. The maximum absolute atomic E-state index is 5.80. The van der Waals surface area contributed by atoms with Crippen molar-refractivity contribution in [2.24, 2.45) is 0 Å². The van der Waals surface area contributed by atoms with Crippen LogP contribution in [-0.4, -0.2) is 32.1 Å². The first-order valence-electron chi connectivity index (χ1n) is 9.42. The molecule has 1 unspecified atom stereocenters. The molecule has 1 aliphatic heterocycles. The molecule has 1 atom stereocenters. The van der Waals surface area contributed by atoms with E-state index in [-0.39, 0.29) is 12.4 Å². The van der Waals surface area contributed by atoms with Crippen molar-refractivity contribution >= 4 is 24.2 Å². The van der Waals surface area contributed by atoms with Crippen molar-refractivity contribution in [2.75, 3.05) is 27.2 Å². The minimum Gasteiger partial charge on any atom is -0.496 e. The van der Waals surface area contributed by atoms with E-state index >= 15 is 0 Å². The smallest absolute Gasteiger partial charge is 0.133 e. The molecule has 0 N–H and O–H groups in total. The van der Waals surface area contributed by atoms with E-state index in [4.69, 9.17) is 4.74 Å². The van der Waals surface area contributed by atoms with Gasteiger partial charge in [0.25, 0.3) is 0 Å². The van der Waals surface area contributed by atoms with Crippen LogP contribution in [0.3, 0.4) is 0 Å². The highest BCUT2D eigenvalue weighted by Gasteiger charge is 2.25. The van der Waals surface area contributed by atoms with Gasteiger partial charge in [0.1, 0.15) is 5.75 Å². The average molecular weight is 412 g/mol. The van der Waals surface area contributed by atoms with Gasteiger partial charge in [0, 0.05) is 23.9 Å². The maximum atomic E-state index is 5.80. The highest BCUT2D eigenvalue weighted by Crippen LogP contribution is 2.41. The van der Waals surface area contributed by atoms with Gasteiger partial charge in [-0.15, -0.1) is 12.4 Å². The molecule has 0 fully saturated rings. The molecule has 3 aromatic rings. The summed E-state index contributed by atoms with van der Waals surface area (Å²) in [7, 11) is 4.00. The molecule has 146 valence electrons. The first-order valence-corrected chi connectivity index (χ1v) is 10.2. The van der Waals surface area contributed by atoms with Crippen LogP contribution in [0, 0.1) is 0 Å². The van der Waals surface area contributed by atoms with Crippen LogP contribution < -0.4 is 4.74 Å². The van der Waals surface area contributed by atoms with Crippen molar-refractivity contribution in [2.45, 2.75) is 22.1 Å². The molecule has 0 aromatic heterocycles. The van der Waals surface area contributed by atoms with Crippen molar-refractivity contribution in [3.63, 3.8) is 0 Å². The van der Waals surface area contributed by atoms with Crippen molar-refractivity contribution in [1.29, 1.82) is 0 Å². The molecule has 0 aliphatic carbocycles. The number of fused-ring (bicyclic) bond motifs is 1. The van der Waals surface area contributed by atoms with Crippen LogP contribution in [0.1, 0.15) is 22.6 Å². The van der Waals surface area contributed by atoms with Gasteiger partial charge in [-0.2, -0.15) is 0 Å². The highest BCUT2D eigenvalue weighted by molar-refractivity contribution is 7.99. The Kier molecular flexibility index (Phi) is 7.06. The van der Waals surface area contributed by atoms with Crippen LogP contribution in [0.2, 0.25) is 0 Å². The fraction of sp³-hybridized carbons (Fsp3) is 0.250. The number of hydrogen-bond acceptors (Lipinski definition) is 3. The van der Waals surface area contributed by atoms with E-state index in [1.807, 2.05) is 0 Å². The lowest BCUT2D eigenvalue weighted by Crippen LogP contribution is -2.24. The molecular weight excluding hydrogens is 386 g/mol. The number of nitrogens with zero attached hydrogens (tertiary/aromatic N) is 1. The van der Waals surface area contributed by atoms with E-state index < -0.39 is 0 Å². The van der Waals surface area contributed by atoms with Gasteiger partial charge in [-0.05, 0) is 54.4 Å².